The maximum absolute atomic E-state index is 12.7. The minimum atomic E-state index is -0.130. The first kappa shape index (κ1) is 17.5. The number of amides is 1. The smallest absolute Gasteiger partial charge is 0.235 e. The average Bonchev–Trinajstić information content (AvgIpc) is 3.03. The molecule has 1 aromatic carbocycles. The highest BCUT2D eigenvalue weighted by Gasteiger charge is 2.26. The Morgan fingerprint density at radius 2 is 1.96 bits per heavy atom. The summed E-state index contributed by atoms with van der Waals surface area (Å²) in [6.07, 6.45) is 5.93. The lowest BCUT2D eigenvalue weighted by Crippen LogP contribution is -2.41. The number of nitrogens with zero attached hydrogens (tertiary/aromatic N) is 3. The van der Waals surface area contributed by atoms with Crippen molar-refractivity contribution in [3.05, 3.63) is 41.1 Å². The van der Waals surface area contributed by atoms with Gasteiger partial charge in [-0.2, -0.15) is 0 Å². The van der Waals surface area contributed by atoms with Gasteiger partial charge in [-0.05, 0) is 49.9 Å². The molecule has 24 heavy (non-hydrogen) atoms. The number of benzene rings is 1. The van der Waals surface area contributed by atoms with Gasteiger partial charge in [0.25, 0.3) is 0 Å². The molecule has 3 rings (SSSR count). The fourth-order valence-electron chi connectivity index (χ4n) is 2.87. The summed E-state index contributed by atoms with van der Waals surface area (Å²) in [7, 11) is 0. The minimum absolute atomic E-state index is 0.130. The molecule has 1 aliphatic rings. The highest BCUT2D eigenvalue weighted by atomic mass is 79.9. The summed E-state index contributed by atoms with van der Waals surface area (Å²) >= 11 is 4.98. The van der Waals surface area contributed by atoms with Gasteiger partial charge in [-0.25, -0.2) is 4.98 Å². The van der Waals surface area contributed by atoms with Gasteiger partial charge in [0.05, 0.1) is 5.25 Å². The Balaban J connectivity index is 1.69. The molecular formula is C18H22BrN3OS. The first-order chi connectivity index (χ1) is 11.5. The molecule has 0 aliphatic carbocycles. The van der Waals surface area contributed by atoms with Gasteiger partial charge in [-0.1, -0.05) is 34.6 Å². The van der Waals surface area contributed by atoms with Crippen molar-refractivity contribution in [2.24, 2.45) is 5.92 Å². The van der Waals surface area contributed by atoms with E-state index in [0.717, 1.165) is 47.2 Å². The van der Waals surface area contributed by atoms with Crippen molar-refractivity contribution >= 4 is 33.6 Å². The summed E-state index contributed by atoms with van der Waals surface area (Å²) in [6.45, 7) is 6.00. The predicted octanol–water partition coefficient (Wildman–Crippen LogP) is 4.37. The van der Waals surface area contributed by atoms with E-state index in [0.29, 0.717) is 0 Å². The lowest BCUT2D eigenvalue weighted by molar-refractivity contribution is -0.131. The standard InChI is InChI=1S/C18H22BrN3OS/c1-13-7-10-21(11-8-13)17(23)14(2)24-18-20-9-12-22(18)16-5-3-15(19)4-6-16/h3-6,9,12-14H,7-8,10-11H2,1-2H3. The van der Waals surface area contributed by atoms with Crippen molar-refractivity contribution in [2.45, 2.75) is 37.1 Å². The van der Waals surface area contributed by atoms with Gasteiger partial charge < -0.3 is 4.90 Å². The number of rotatable bonds is 4. The molecule has 1 fully saturated rings. The third kappa shape index (κ3) is 4.03. The molecule has 1 unspecified atom stereocenters. The summed E-state index contributed by atoms with van der Waals surface area (Å²) in [4.78, 5) is 19.1. The van der Waals surface area contributed by atoms with E-state index in [1.54, 1.807) is 6.20 Å². The van der Waals surface area contributed by atoms with E-state index in [-0.39, 0.29) is 11.2 Å². The van der Waals surface area contributed by atoms with E-state index in [4.69, 9.17) is 0 Å². The Bertz CT molecular complexity index is 693. The van der Waals surface area contributed by atoms with Crippen LogP contribution in [0.3, 0.4) is 0 Å². The number of likely N-dealkylation sites (tertiary alicyclic amines) is 1. The molecule has 4 nitrogen and oxygen atoms in total. The highest BCUT2D eigenvalue weighted by molar-refractivity contribution is 9.10. The molecule has 1 atom stereocenters. The van der Waals surface area contributed by atoms with Crippen LogP contribution in [0.2, 0.25) is 0 Å². The number of imidazole rings is 1. The molecule has 6 heteroatoms. The highest BCUT2D eigenvalue weighted by Crippen LogP contribution is 2.27. The van der Waals surface area contributed by atoms with Crippen LogP contribution in [0, 0.1) is 5.92 Å². The molecule has 128 valence electrons. The minimum Gasteiger partial charge on any atom is -0.342 e. The zero-order chi connectivity index (χ0) is 17.1. The fraction of sp³-hybridized carbons (Fsp3) is 0.444. The zero-order valence-electron chi connectivity index (χ0n) is 14.0. The maximum Gasteiger partial charge on any atom is 0.235 e. The summed E-state index contributed by atoms with van der Waals surface area (Å²) in [6, 6.07) is 8.09. The SMILES string of the molecule is CC1CCN(C(=O)C(C)Sc2nccn2-c2ccc(Br)cc2)CC1. The maximum atomic E-state index is 12.7. The van der Waals surface area contributed by atoms with Crippen LogP contribution in [0.15, 0.2) is 46.3 Å². The van der Waals surface area contributed by atoms with Crippen molar-refractivity contribution in [3.8, 4) is 5.69 Å². The summed E-state index contributed by atoms with van der Waals surface area (Å²) < 4.78 is 3.07. The van der Waals surface area contributed by atoms with Gasteiger partial charge in [-0.3, -0.25) is 9.36 Å². The second-order valence-corrected chi connectivity index (χ2v) is 8.55. The third-order valence-electron chi connectivity index (χ3n) is 4.44. The van der Waals surface area contributed by atoms with Crippen LogP contribution in [0.1, 0.15) is 26.7 Å². The molecule has 0 bridgehead atoms. The van der Waals surface area contributed by atoms with Gasteiger partial charge in [0.15, 0.2) is 5.16 Å². The van der Waals surface area contributed by atoms with Crippen LogP contribution >= 0.6 is 27.7 Å². The Kier molecular flexibility index (Phi) is 5.66. The van der Waals surface area contributed by atoms with E-state index >= 15 is 0 Å². The van der Waals surface area contributed by atoms with Crippen molar-refractivity contribution in [1.29, 1.82) is 0 Å². The number of carbonyl (C=O) groups excluding carboxylic acids is 1. The molecule has 1 saturated heterocycles. The van der Waals surface area contributed by atoms with Crippen molar-refractivity contribution < 1.29 is 4.79 Å². The van der Waals surface area contributed by atoms with Gasteiger partial charge in [-0.15, -0.1) is 0 Å². The van der Waals surface area contributed by atoms with Crippen LogP contribution in [0.5, 0.6) is 0 Å². The van der Waals surface area contributed by atoms with Crippen LogP contribution < -0.4 is 0 Å². The molecule has 0 saturated carbocycles. The van der Waals surface area contributed by atoms with Crippen molar-refractivity contribution in [3.63, 3.8) is 0 Å². The Morgan fingerprint density at radius 1 is 1.29 bits per heavy atom. The number of aromatic nitrogens is 2. The summed E-state index contributed by atoms with van der Waals surface area (Å²) in [5.41, 5.74) is 1.05. The number of halogens is 1. The van der Waals surface area contributed by atoms with E-state index in [1.165, 1.54) is 11.8 Å². The largest absolute Gasteiger partial charge is 0.342 e. The first-order valence-electron chi connectivity index (χ1n) is 8.29. The summed E-state index contributed by atoms with van der Waals surface area (Å²) in [5.74, 6) is 0.950. The van der Waals surface area contributed by atoms with Crippen LogP contribution in [0.25, 0.3) is 5.69 Å². The average molecular weight is 408 g/mol. The van der Waals surface area contributed by atoms with Gasteiger partial charge in [0.2, 0.25) is 5.91 Å². The number of piperidine rings is 1. The van der Waals surface area contributed by atoms with E-state index in [1.807, 2.05) is 46.9 Å². The monoisotopic (exact) mass is 407 g/mol. The Morgan fingerprint density at radius 3 is 2.62 bits per heavy atom. The number of hydrogen-bond donors (Lipinski definition) is 0. The number of hydrogen-bond acceptors (Lipinski definition) is 3. The first-order valence-corrected chi connectivity index (χ1v) is 9.96. The quantitative estimate of drug-likeness (QED) is 0.705. The molecular weight excluding hydrogens is 386 g/mol. The zero-order valence-corrected chi connectivity index (χ0v) is 16.4. The van der Waals surface area contributed by atoms with Crippen LogP contribution in [-0.2, 0) is 4.79 Å². The van der Waals surface area contributed by atoms with E-state index in [2.05, 4.69) is 27.8 Å². The summed E-state index contributed by atoms with van der Waals surface area (Å²) in [5, 5.41) is 0.721. The third-order valence-corrected chi connectivity index (χ3v) is 6.03. The molecule has 2 heterocycles. The van der Waals surface area contributed by atoms with E-state index in [9.17, 15) is 4.79 Å². The fourth-order valence-corrected chi connectivity index (χ4v) is 4.10. The predicted molar refractivity (Wildman–Crippen MR) is 102 cm³/mol. The second-order valence-electron chi connectivity index (χ2n) is 6.32. The lowest BCUT2D eigenvalue weighted by atomic mass is 9.99. The molecule has 0 radical (unpaired) electrons. The number of carbonyl (C=O) groups is 1. The molecule has 1 amide bonds. The Labute approximate surface area is 155 Å². The molecule has 1 aromatic heterocycles. The molecule has 2 aromatic rings. The molecule has 1 aliphatic heterocycles. The van der Waals surface area contributed by atoms with Gasteiger partial charge in [0, 0.05) is 35.6 Å². The molecule has 0 spiro atoms. The van der Waals surface area contributed by atoms with Gasteiger partial charge in [0.1, 0.15) is 0 Å². The van der Waals surface area contributed by atoms with Gasteiger partial charge >= 0.3 is 0 Å². The van der Waals surface area contributed by atoms with Crippen molar-refractivity contribution in [1.82, 2.24) is 14.5 Å². The normalized spacial score (nSPS) is 17.0. The van der Waals surface area contributed by atoms with Crippen molar-refractivity contribution in [2.75, 3.05) is 13.1 Å². The lowest BCUT2D eigenvalue weighted by Gasteiger charge is -2.32. The number of thioether (sulfide) groups is 1. The Hall–Kier alpha value is -1.27. The van der Waals surface area contributed by atoms with Crippen LogP contribution in [0.4, 0.5) is 0 Å². The second kappa shape index (κ2) is 7.74. The van der Waals surface area contributed by atoms with Crippen LogP contribution in [-0.4, -0.2) is 38.7 Å². The van der Waals surface area contributed by atoms with E-state index < -0.39 is 0 Å². The topological polar surface area (TPSA) is 38.1 Å². The molecule has 0 N–H and O–H groups in total.